The average molecular weight is 473 g/mol. The van der Waals surface area contributed by atoms with Gasteiger partial charge in [-0.1, -0.05) is 12.1 Å². The van der Waals surface area contributed by atoms with Crippen LogP contribution in [0.15, 0.2) is 42.7 Å². The normalized spacial score (nSPS) is 18.7. The number of nitrogens with one attached hydrogen (secondary N) is 1. The van der Waals surface area contributed by atoms with Gasteiger partial charge in [-0.3, -0.25) is 9.88 Å². The molecule has 0 spiro atoms. The Balaban J connectivity index is 1.27. The van der Waals surface area contributed by atoms with Crippen LogP contribution >= 0.6 is 11.3 Å². The fourth-order valence-electron chi connectivity index (χ4n) is 4.86. The van der Waals surface area contributed by atoms with Crippen LogP contribution in [0.1, 0.15) is 42.0 Å². The van der Waals surface area contributed by atoms with Gasteiger partial charge >= 0.3 is 0 Å². The molecule has 0 aromatic carbocycles. The van der Waals surface area contributed by atoms with Crippen LogP contribution in [0.4, 0.5) is 11.6 Å². The summed E-state index contributed by atoms with van der Waals surface area (Å²) in [4.78, 5) is 21.5. The van der Waals surface area contributed by atoms with Crippen LogP contribution in [0.2, 0.25) is 0 Å². The lowest BCUT2D eigenvalue weighted by molar-refractivity contribution is 0.193. The lowest BCUT2D eigenvalue weighted by atomic mass is 9.96. The summed E-state index contributed by atoms with van der Waals surface area (Å²) in [5.41, 5.74) is 5.45. The lowest BCUT2D eigenvalue weighted by Gasteiger charge is -2.20. The van der Waals surface area contributed by atoms with Crippen molar-refractivity contribution in [1.29, 1.82) is 0 Å². The van der Waals surface area contributed by atoms with Gasteiger partial charge in [0.2, 0.25) is 0 Å². The zero-order chi connectivity index (χ0) is 22.9. The van der Waals surface area contributed by atoms with Crippen LogP contribution in [0.3, 0.4) is 0 Å². The van der Waals surface area contributed by atoms with Crippen LogP contribution in [-0.2, 0) is 11.3 Å². The van der Waals surface area contributed by atoms with Gasteiger partial charge in [-0.25, -0.2) is 15.0 Å². The maximum atomic E-state index is 5.67. The molecule has 7 nitrogen and oxygen atoms in total. The minimum Gasteiger partial charge on any atom is -0.381 e. The first-order valence-corrected chi connectivity index (χ1v) is 12.8. The molecular formula is C26H28N6OS. The average Bonchev–Trinajstić information content (AvgIpc) is 3.62. The molecule has 0 saturated carbocycles. The fourth-order valence-corrected chi connectivity index (χ4v) is 5.83. The molecule has 6 heterocycles. The summed E-state index contributed by atoms with van der Waals surface area (Å²) >= 11 is 1.62. The number of thiazole rings is 1. The Morgan fingerprint density at radius 3 is 2.85 bits per heavy atom. The second-order valence-corrected chi connectivity index (χ2v) is 10.2. The Bertz CT molecular complexity index is 1310. The second kappa shape index (κ2) is 9.37. The first-order valence-electron chi connectivity index (χ1n) is 12.0. The van der Waals surface area contributed by atoms with Crippen LogP contribution in [-0.4, -0.2) is 51.1 Å². The van der Waals surface area contributed by atoms with Crippen molar-refractivity contribution in [2.45, 2.75) is 38.6 Å². The topological polar surface area (TPSA) is 76.1 Å². The van der Waals surface area contributed by atoms with Crippen molar-refractivity contribution in [2.75, 3.05) is 31.6 Å². The smallest absolute Gasteiger partial charge is 0.143 e. The van der Waals surface area contributed by atoms with Crippen LogP contribution in [0, 0.1) is 6.92 Å². The number of likely N-dealkylation sites (tertiary alicyclic amines) is 1. The second-order valence-electron chi connectivity index (χ2n) is 9.13. The molecule has 0 unspecified atom stereocenters. The highest BCUT2D eigenvalue weighted by atomic mass is 32.1. The molecular weight excluding hydrogens is 444 g/mol. The molecule has 0 amide bonds. The summed E-state index contributed by atoms with van der Waals surface area (Å²) in [7, 11) is 0. The largest absolute Gasteiger partial charge is 0.381 e. The lowest BCUT2D eigenvalue weighted by Crippen LogP contribution is -2.21. The van der Waals surface area contributed by atoms with Crippen LogP contribution in [0.5, 0.6) is 0 Å². The van der Waals surface area contributed by atoms with Gasteiger partial charge in [0.25, 0.3) is 0 Å². The molecule has 174 valence electrons. The number of ether oxygens (including phenoxy) is 1. The maximum Gasteiger partial charge on any atom is 0.143 e. The van der Waals surface area contributed by atoms with E-state index in [2.05, 4.69) is 45.3 Å². The highest BCUT2D eigenvalue weighted by molar-refractivity contribution is 7.21. The molecule has 0 aliphatic carbocycles. The summed E-state index contributed by atoms with van der Waals surface area (Å²) in [6.45, 7) is 6.90. The van der Waals surface area contributed by atoms with E-state index >= 15 is 0 Å². The van der Waals surface area contributed by atoms with E-state index in [1.807, 2.05) is 24.5 Å². The number of anilines is 2. The van der Waals surface area contributed by atoms with Gasteiger partial charge in [0.05, 0.1) is 22.5 Å². The van der Waals surface area contributed by atoms with Crippen molar-refractivity contribution in [3.05, 3.63) is 59.5 Å². The molecule has 4 aromatic rings. The molecule has 6 rings (SSSR count). The van der Waals surface area contributed by atoms with Crippen molar-refractivity contribution >= 4 is 33.2 Å². The molecule has 1 N–H and O–H groups in total. The van der Waals surface area contributed by atoms with Crippen molar-refractivity contribution in [3.8, 4) is 10.7 Å². The Morgan fingerprint density at radius 1 is 1.12 bits per heavy atom. The van der Waals surface area contributed by atoms with Crippen LogP contribution < -0.4 is 5.32 Å². The number of aromatic nitrogens is 4. The molecule has 1 atom stereocenters. The number of pyridine rings is 3. The number of rotatable bonds is 6. The summed E-state index contributed by atoms with van der Waals surface area (Å²) in [5, 5.41) is 4.33. The number of aryl methyl sites for hydroxylation is 1. The minimum atomic E-state index is 0.442. The predicted molar refractivity (Wildman–Crippen MR) is 136 cm³/mol. The molecule has 2 aliphatic heterocycles. The van der Waals surface area contributed by atoms with E-state index in [0.29, 0.717) is 5.92 Å². The molecule has 2 fully saturated rings. The zero-order valence-electron chi connectivity index (χ0n) is 19.3. The molecule has 0 bridgehead atoms. The molecule has 8 heteroatoms. The first kappa shape index (κ1) is 21.6. The van der Waals surface area contributed by atoms with E-state index in [1.54, 1.807) is 11.3 Å². The Labute approximate surface area is 203 Å². The number of hydrogen-bond acceptors (Lipinski definition) is 8. The number of nitrogens with zero attached hydrogens (tertiary/aromatic N) is 5. The summed E-state index contributed by atoms with van der Waals surface area (Å²) in [6, 6.07) is 10.3. The maximum absolute atomic E-state index is 5.67. The molecule has 4 aromatic heterocycles. The Morgan fingerprint density at radius 2 is 2.03 bits per heavy atom. The number of fused-ring (bicyclic) bond motifs is 1. The standard InChI is InChI=1S/C26H28N6OS/c1-17-5-4-9-27-25(17)26-30-20-13-24(28-14-22(20)34-26)31-23-7-6-19(18-8-12-33-16-18)21(29-23)15-32-10-2-3-11-32/h4-7,9,13-14,18H,2-3,8,10-12,15-16H2,1H3,(H,28,29,31)/t18-/m1/s1. The number of hydrogen-bond donors (Lipinski definition) is 1. The van der Waals surface area contributed by atoms with Gasteiger partial charge in [-0.2, -0.15) is 0 Å². The van der Waals surface area contributed by atoms with Gasteiger partial charge in [0, 0.05) is 37.5 Å². The van der Waals surface area contributed by atoms with E-state index < -0.39 is 0 Å². The summed E-state index contributed by atoms with van der Waals surface area (Å²) < 4.78 is 6.71. The monoisotopic (exact) mass is 472 g/mol. The highest BCUT2D eigenvalue weighted by Gasteiger charge is 2.23. The van der Waals surface area contributed by atoms with Gasteiger partial charge in [-0.05, 0) is 62.5 Å². The van der Waals surface area contributed by atoms with E-state index in [-0.39, 0.29) is 0 Å². The molecule has 0 radical (unpaired) electrons. The third kappa shape index (κ3) is 4.41. The van der Waals surface area contributed by atoms with Crippen LogP contribution in [0.25, 0.3) is 20.9 Å². The third-order valence-electron chi connectivity index (χ3n) is 6.69. The van der Waals surface area contributed by atoms with Crippen molar-refractivity contribution in [1.82, 2.24) is 24.8 Å². The molecule has 2 aliphatic rings. The van der Waals surface area contributed by atoms with E-state index in [9.17, 15) is 0 Å². The minimum absolute atomic E-state index is 0.442. The zero-order valence-corrected chi connectivity index (χ0v) is 20.1. The van der Waals surface area contributed by atoms with Gasteiger partial charge in [-0.15, -0.1) is 11.3 Å². The fraction of sp³-hybridized carbons (Fsp3) is 0.385. The Kier molecular flexibility index (Phi) is 5.95. The van der Waals surface area contributed by atoms with E-state index in [4.69, 9.17) is 14.7 Å². The van der Waals surface area contributed by atoms with E-state index in [0.717, 1.165) is 83.1 Å². The summed E-state index contributed by atoms with van der Waals surface area (Å²) in [5.74, 6) is 2.01. The quantitative estimate of drug-likeness (QED) is 0.408. The van der Waals surface area contributed by atoms with Crippen molar-refractivity contribution < 1.29 is 4.74 Å². The predicted octanol–water partition coefficient (Wildman–Crippen LogP) is 5.30. The van der Waals surface area contributed by atoms with E-state index in [1.165, 1.54) is 18.4 Å². The molecule has 34 heavy (non-hydrogen) atoms. The SMILES string of the molecule is Cc1cccnc1-c1nc2cc(Nc3ccc([C@@H]4CCOC4)c(CN4CCCC4)n3)ncc2s1. The van der Waals surface area contributed by atoms with Gasteiger partial charge in [0.15, 0.2) is 0 Å². The Hall–Kier alpha value is -2.94. The first-order chi connectivity index (χ1) is 16.7. The van der Waals surface area contributed by atoms with Crippen molar-refractivity contribution in [2.24, 2.45) is 0 Å². The highest BCUT2D eigenvalue weighted by Crippen LogP contribution is 2.33. The summed E-state index contributed by atoms with van der Waals surface area (Å²) in [6.07, 6.45) is 7.31. The van der Waals surface area contributed by atoms with Gasteiger partial charge in [0.1, 0.15) is 22.3 Å². The van der Waals surface area contributed by atoms with Gasteiger partial charge < -0.3 is 10.1 Å². The third-order valence-corrected chi connectivity index (χ3v) is 7.71. The van der Waals surface area contributed by atoms with Crippen molar-refractivity contribution in [3.63, 3.8) is 0 Å². The molecule has 2 saturated heterocycles.